The fourth-order valence-electron chi connectivity index (χ4n) is 4.10. The maximum Gasteiger partial charge on any atom is 0.243 e. The maximum atomic E-state index is 14.7. The van der Waals surface area contributed by atoms with E-state index in [1.165, 1.54) is 18.6 Å². The number of aromatic nitrogens is 1. The van der Waals surface area contributed by atoms with Gasteiger partial charge in [0.15, 0.2) is 0 Å². The number of hydrogen-bond donors (Lipinski definition) is 4. The highest BCUT2D eigenvalue weighted by molar-refractivity contribution is 5.94. The summed E-state index contributed by atoms with van der Waals surface area (Å²) in [6.45, 7) is 8.36. The summed E-state index contributed by atoms with van der Waals surface area (Å²) >= 11 is 0. The predicted molar refractivity (Wildman–Crippen MR) is 140 cm³/mol. The quantitative estimate of drug-likeness (QED) is 0.385. The number of halogens is 1. The van der Waals surface area contributed by atoms with E-state index in [9.17, 15) is 14.0 Å². The highest BCUT2D eigenvalue weighted by Crippen LogP contribution is 2.25. The van der Waals surface area contributed by atoms with Gasteiger partial charge in [0.25, 0.3) is 0 Å². The van der Waals surface area contributed by atoms with Gasteiger partial charge in [-0.15, -0.1) is 0 Å². The zero-order valence-corrected chi connectivity index (χ0v) is 20.5. The average molecular weight is 491 g/mol. The fourth-order valence-corrected chi connectivity index (χ4v) is 4.10. The lowest BCUT2D eigenvalue weighted by atomic mass is 10.1. The molecule has 1 aliphatic heterocycles. The molecule has 0 radical (unpaired) electrons. The fraction of sp³-hybridized carbons (Fsp3) is 0.296. The molecule has 0 saturated carbocycles. The van der Waals surface area contributed by atoms with Gasteiger partial charge in [-0.05, 0) is 60.0 Å². The minimum absolute atomic E-state index is 0.0647. The van der Waals surface area contributed by atoms with Crippen LogP contribution in [0.3, 0.4) is 0 Å². The molecule has 0 spiro atoms. The van der Waals surface area contributed by atoms with E-state index >= 15 is 0 Å². The molecule has 9 heteroatoms. The number of hydrogen-bond acceptors (Lipinski definition) is 6. The highest BCUT2D eigenvalue weighted by Gasteiger charge is 2.12. The van der Waals surface area contributed by atoms with Crippen molar-refractivity contribution < 1.29 is 14.0 Å². The number of amides is 2. The van der Waals surface area contributed by atoms with Crippen molar-refractivity contribution in [3.63, 3.8) is 0 Å². The molecule has 2 amide bonds. The van der Waals surface area contributed by atoms with Gasteiger partial charge in [-0.25, -0.2) is 9.37 Å². The van der Waals surface area contributed by atoms with Crippen LogP contribution < -0.4 is 21.3 Å². The number of carbonyl (C=O) groups excluding carboxylic acids is 2. The number of rotatable bonds is 8. The Morgan fingerprint density at radius 1 is 1.03 bits per heavy atom. The molecule has 0 bridgehead atoms. The summed E-state index contributed by atoms with van der Waals surface area (Å²) in [6, 6.07) is 14.1. The van der Waals surface area contributed by atoms with E-state index in [2.05, 4.69) is 37.2 Å². The van der Waals surface area contributed by atoms with Gasteiger partial charge in [0.1, 0.15) is 11.6 Å². The number of carbonyl (C=O) groups is 2. The Hall–Kier alpha value is -3.82. The molecule has 1 saturated heterocycles. The highest BCUT2D eigenvalue weighted by atomic mass is 19.1. The van der Waals surface area contributed by atoms with Crippen molar-refractivity contribution in [2.24, 2.45) is 0 Å². The van der Waals surface area contributed by atoms with E-state index in [4.69, 9.17) is 0 Å². The first-order chi connectivity index (χ1) is 17.4. The Bertz CT molecular complexity index is 1230. The average Bonchev–Trinajstić information content (AvgIpc) is 2.86. The van der Waals surface area contributed by atoms with Crippen molar-refractivity contribution >= 4 is 29.0 Å². The van der Waals surface area contributed by atoms with Gasteiger partial charge in [-0.3, -0.25) is 14.5 Å². The minimum Gasteiger partial charge on any atom is -0.374 e. The summed E-state index contributed by atoms with van der Waals surface area (Å²) in [5.74, 6) is -0.510. The lowest BCUT2D eigenvalue weighted by molar-refractivity contribution is -0.115. The SMILES string of the molecule is CC(=O)Nc1ccc(-c2ccc(NCC(=O)Nc3ccc(CN4CCNCC4)c(C)c3)c(F)c2)cn1. The molecule has 2 aromatic carbocycles. The molecule has 1 aromatic heterocycles. The van der Waals surface area contributed by atoms with Crippen LogP contribution >= 0.6 is 0 Å². The van der Waals surface area contributed by atoms with Crippen LogP contribution in [-0.4, -0.2) is 54.4 Å². The summed E-state index contributed by atoms with van der Waals surface area (Å²) in [6.07, 6.45) is 1.57. The van der Waals surface area contributed by atoms with Crippen molar-refractivity contribution in [2.75, 3.05) is 48.7 Å². The molecule has 3 aromatic rings. The molecule has 0 atom stereocenters. The Labute approximate surface area is 210 Å². The molecule has 1 fully saturated rings. The molecule has 4 N–H and O–H groups in total. The number of piperazine rings is 1. The van der Waals surface area contributed by atoms with Crippen molar-refractivity contribution in [2.45, 2.75) is 20.4 Å². The van der Waals surface area contributed by atoms with Crippen molar-refractivity contribution in [3.05, 3.63) is 71.7 Å². The minimum atomic E-state index is -0.473. The van der Waals surface area contributed by atoms with E-state index in [0.717, 1.165) is 44.0 Å². The van der Waals surface area contributed by atoms with E-state index in [1.807, 2.05) is 19.1 Å². The van der Waals surface area contributed by atoms with Crippen molar-refractivity contribution in [3.8, 4) is 11.1 Å². The number of nitrogens with one attached hydrogen (secondary N) is 4. The molecular weight excluding hydrogens is 459 g/mol. The third-order valence-electron chi connectivity index (χ3n) is 6.04. The molecule has 4 rings (SSSR count). The van der Waals surface area contributed by atoms with E-state index in [1.54, 1.807) is 30.5 Å². The normalized spacial score (nSPS) is 13.8. The zero-order valence-electron chi connectivity index (χ0n) is 20.5. The van der Waals surface area contributed by atoms with Crippen LogP contribution in [0.5, 0.6) is 0 Å². The van der Waals surface area contributed by atoms with Gasteiger partial charge in [-0.2, -0.15) is 0 Å². The van der Waals surface area contributed by atoms with E-state index in [-0.39, 0.29) is 24.0 Å². The smallest absolute Gasteiger partial charge is 0.243 e. The van der Waals surface area contributed by atoms with Crippen molar-refractivity contribution in [1.82, 2.24) is 15.2 Å². The number of pyridine rings is 1. The Kier molecular flexibility index (Phi) is 8.24. The van der Waals surface area contributed by atoms with Crippen LogP contribution in [0, 0.1) is 12.7 Å². The van der Waals surface area contributed by atoms with Gasteiger partial charge in [0.2, 0.25) is 11.8 Å². The molecular formula is C27H31FN6O2. The van der Waals surface area contributed by atoms with Gasteiger partial charge >= 0.3 is 0 Å². The van der Waals surface area contributed by atoms with E-state index in [0.29, 0.717) is 16.9 Å². The monoisotopic (exact) mass is 490 g/mol. The van der Waals surface area contributed by atoms with Gasteiger partial charge in [0, 0.05) is 57.1 Å². The summed E-state index contributed by atoms with van der Waals surface area (Å²) in [7, 11) is 0. The standard InChI is InChI=1S/C27H31FN6O2/c1-18-13-23(6-3-22(18)17-34-11-9-29-10-12-34)33-27(36)16-30-25-7-4-20(14-24(25)28)21-5-8-26(31-15-21)32-19(2)35/h3-8,13-15,29-30H,9-12,16-17H2,1-2H3,(H,33,36)(H,31,32,35). The molecule has 0 aliphatic carbocycles. The number of benzene rings is 2. The molecule has 2 heterocycles. The molecule has 36 heavy (non-hydrogen) atoms. The molecule has 0 unspecified atom stereocenters. The first-order valence-electron chi connectivity index (χ1n) is 12.0. The van der Waals surface area contributed by atoms with Crippen LogP contribution in [0.1, 0.15) is 18.1 Å². The van der Waals surface area contributed by atoms with Crippen LogP contribution in [-0.2, 0) is 16.1 Å². The van der Waals surface area contributed by atoms with Gasteiger partial charge < -0.3 is 21.3 Å². The third kappa shape index (κ3) is 6.87. The second-order valence-electron chi connectivity index (χ2n) is 8.88. The first-order valence-corrected chi connectivity index (χ1v) is 12.0. The van der Waals surface area contributed by atoms with Crippen LogP contribution in [0.25, 0.3) is 11.1 Å². The Morgan fingerprint density at radius 2 is 1.81 bits per heavy atom. The van der Waals surface area contributed by atoms with Crippen LogP contribution in [0.15, 0.2) is 54.7 Å². The second kappa shape index (κ2) is 11.7. The zero-order chi connectivity index (χ0) is 25.5. The second-order valence-corrected chi connectivity index (χ2v) is 8.88. The first kappa shape index (κ1) is 25.3. The summed E-state index contributed by atoms with van der Waals surface area (Å²) < 4.78 is 14.7. The van der Waals surface area contributed by atoms with Gasteiger partial charge in [0.05, 0.1) is 12.2 Å². The van der Waals surface area contributed by atoms with E-state index < -0.39 is 5.82 Å². The largest absolute Gasteiger partial charge is 0.374 e. The Morgan fingerprint density at radius 3 is 2.47 bits per heavy atom. The predicted octanol–water partition coefficient (Wildman–Crippen LogP) is 3.61. The third-order valence-corrected chi connectivity index (χ3v) is 6.04. The topological polar surface area (TPSA) is 98.4 Å². The number of anilines is 3. The lowest BCUT2D eigenvalue weighted by Crippen LogP contribution is -2.42. The molecule has 1 aliphatic rings. The van der Waals surface area contributed by atoms with Crippen LogP contribution in [0.4, 0.5) is 21.6 Å². The maximum absolute atomic E-state index is 14.7. The summed E-state index contributed by atoms with van der Waals surface area (Å²) in [5.41, 5.74) is 4.67. The lowest BCUT2D eigenvalue weighted by Gasteiger charge is -2.27. The summed E-state index contributed by atoms with van der Waals surface area (Å²) in [4.78, 5) is 30.2. The van der Waals surface area contributed by atoms with Crippen LogP contribution in [0.2, 0.25) is 0 Å². The molecule has 8 nitrogen and oxygen atoms in total. The summed E-state index contributed by atoms with van der Waals surface area (Å²) in [5, 5.41) is 11.7. The number of aryl methyl sites for hydroxylation is 1. The van der Waals surface area contributed by atoms with Gasteiger partial charge in [-0.1, -0.05) is 12.1 Å². The Balaban J connectivity index is 1.30. The number of nitrogens with zero attached hydrogens (tertiary/aromatic N) is 2. The van der Waals surface area contributed by atoms with Crippen molar-refractivity contribution in [1.29, 1.82) is 0 Å². The molecule has 188 valence electrons.